The number of benzene rings is 2. The van der Waals surface area contributed by atoms with Gasteiger partial charge in [-0.2, -0.15) is 0 Å². The second-order valence-corrected chi connectivity index (χ2v) is 7.47. The summed E-state index contributed by atoms with van der Waals surface area (Å²) in [4.78, 5) is 0. The van der Waals surface area contributed by atoms with E-state index in [1.807, 2.05) is 42.5 Å². The summed E-state index contributed by atoms with van der Waals surface area (Å²) >= 11 is 13.2. The van der Waals surface area contributed by atoms with Gasteiger partial charge < -0.3 is 10.4 Å². The standard InChI is InChI=1S/C18H13Cl2N5OS/c19-13-5-1-11(2-6-13)16-9-15(26-24-16)10-27-18-23-22-17(25(18)21)12-3-7-14(20)8-4-12/h1-9H,10,21H2. The highest BCUT2D eigenvalue weighted by Crippen LogP contribution is 2.27. The number of halogens is 2. The quantitative estimate of drug-likeness (QED) is 0.366. The van der Waals surface area contributed by atoms with Gasteiger partial charge >= 0.3 is 0 Å². The summed E-state index contributed by atoms with van der Waals surface area (Å²) in [5.74, 6) is 7.92. The van der Waals surface area contributed by atoms with Crippen LogP contribution in [0.1, 0.15) is 5.76 Å². The zero-order valence-corrected chi connectivity index (χ0v) is 16.2. The Morgan fingerprint density at radius 2 is 1.56 bits per heavy atom. The SMILES string of the molecule is Nn1c(SCc2cc(-c3ccc(Cl)cc3)no2)nnc1-c1ccc(Cl)cc1. The number of nitrogen functional groups attached to an aromatic ring is 1. The third-order valence-corrected chi connectivity index (χ3v) is 5.28. The van der Waals surface area contributed by atoms with Gasteiger partial charge in [0.15, 0.2) is 5.82 Å². The molecule has 0 aliphatic rings. The molecule has 2 aromatic carbocycles. The van der Waals surface area contributed by atoms with Crippen molar-refractivity contribution >= 4 is 35.0 Å². The van der Waals surface area contributed by atoms with Crippen molar-refractivity contribution in [1.82, 2.24) is 20.0 Å². The number of nitrogens with two attached hydrogens (primary N) is 1. The molecule has 0 aliphatic heterocycles. The minimum absolute atomic E-state index is 0.524. The van der Waals surface area contributed by atoms with Gasteiger partial charge in [-0.25, -0.2) is 4.68 Å². The van der Waals surface area contributed by atoms with Crippen LogP contribution < -0.4 is 5.84 Å². The third kappa shape index (κ3) is 3.95. The summed E-state index contributed by atoms with van der Waals surface area (Å²) in [6.45, 7) is 0. The lowest BCUT2D eigenvalue weighted by molar-refractivity contribution is 0.397. The first kappa shape index (κ1) is 17.9. The van der Waals surface area contributed by atoms with Crippen LogP contribution in [0.15, 0.2) is 64.3 Å². The van der Waals surface area contributed by atoms with Gasteiger partial charge in [0.25, 0.3) is 0 Å². The molecule has 0 atom stereocenters. The predicted octanol–water partition coefficient (Wildman–Crippen LogP) is 4.91. The fourth-order valence-corrected chi connectivity index (χ4v) is 3.43. The Kier molecular flexibility index (Phi) is 5.07. The summed E-state index contributed by atoms with van der Waals surface area (Å²) in [5, 5.41) is 14.3. The van der Waals surface area contributed by atoms with Gasteiger partial charge in [0.2, 0.25) is 5.16 Å². The summed E-state index contributed by atoms with van der Waals surface area (Å²) in [6, 6.07) is 16.6. The highest BCUT2D eigenvalue weighted by molar-refractivity contribution is 7.98. The lowest BCUT2D eigenvalue weighted by Crippen LogP contribution is -2.11. The van der Waals surface area contributed by atoms with Crippen LogP contribution in [0.5, 0.6) is 0 Å². The molecule has 0 radical (unpaired) electrons. The fourth-order valence-electron chi connectivity index (χ4n) is 2.44. The average molecular weight is 418 g/mol. The van der Waals surface area contributed by atoms with Gasteiger partial charge in [0.1, 0.15) is 11.5 Å². The first-order valence-corrected chi connectivity index (χ1v) is 9.65. The van der Waals surface area contributed by atoms with Crippen molar-refractivity contribution in [1.29, 1.82) is 0 Å². The molecule has 0 unspecified atom stereocenters. The van der Waals surface area contributed by atoms with Crippen molar-refractivity contribution in [3.05, 3.63) is 70.4 Å². The molecule has 0 spiro atoms. The molecule has 0 fully saturated rings. The van der Waals surface area contributed by atoms with Gasteiger partial charge in [-0.3, -0.25) is 0 Å². The Morgan fingerprint density at radius 1 is 0.926 bits per heavy atom. The molecular weight excluding hydrogens is 405 g/mol. The zero-order valence-electron chi connectivity index (χ0n) is 13.8. The maximum absolute atomic E-state index is 6.13. The van der Waals surface area contributed by atoms with Crippen molar-refractivity contribution < 1.29 is 4.52 Å². The van der Waals surface area contributed by atoms with Crippen LogP contribution in [0.25, 0.3) is 22.6 Å². The van der Waals surface area contributed by atoms with Gasteiger partial charge in [0, 0.05) is 27.2 Å². The summed E-state index contributed by atoms with van der Waals surface area (Å²) in [5.41, 5.74) is 2.52. The smallest absolute Gasteiger partial charge is 0.210 e. The number of nitrogens with zero attached hydrogens (tertiary/aromatic N) is 4. The largest absolute Gasteiger partial charge is 0.360 e. The van der Waals surface area contributed by atoms with Crippen LogP contribution in [0.4, 0.5) is 0 Å². The van der Waals surface area contributed by atoms with Crippen molar-refractivity contribution in [2.24, 2.45) is 0 Å². The molecule has 0 bridgehead atoms. The molecule has 0 saturated carbocycles. The molecule has 0 saturated heterocycles. The maximum atomic E-state index is 6.13. The molecule has 136 valence electrons. The lowest BCUT2D eigenvalue weighted by Gasteiger charge is -2.03. The number of hydrogen-bond acceptors (Lipinski definition) is 6. The van der Waals surface area contributed by atoms with Crippen LogP contribution in [0, 0.1) is 0 Å². The molecule has 2 aromatic heterocycles. The third-order valence-electron chi connectivity index (χ3n) is 3.81. The second kappa shape index (κ2) is 7.64. The number of hydrogen-bond donors (Lipinski definition) is 1. The zero-order chi connectivity index (χ0) is 18.8. The van der Waals surface area contributed by atoms with E-state index in [1.165, 1.54) is 16.4 Å². The van der Waals surface area contributed by atoms with E-state index in [2.05, 4.69) is 15.4 Å². The number of aromatic nitrogens is 4. The monoisotopic (exact) mass is 417 g/mol. The Labute approximate surface area is 169 Å². The van der Waals surface area contributed by atoms with Gasteiger partial charge in [-0.15, -0.1) is 10.2 Å². The Balaban J connectivity index is 1.46. The van der Waals surface area contributed by atoms with Crippen LogP contribution in [0.3, 0.4) is 0 Å². The van der Waals surface area contributed by atoms with Crippen LogP contribution in [-0.4, -0.2) is 20.0 Å². The molecule has 0 amide bonds. The molecular formula is C18H13Cl2N5OS. The molecule has 9 heteroatoms. The van der Waals surface area contributed by atoms with E-state index >= 15 is 0 Å². The number of thioether (sulfide) groups is 1. The number of rotatable bonds is 5. The summed E-state index contributed by atoms with van der Waals surface area (Å²) < 4.78 is 6.85. The van der Waals surface area contributed by atoms with Gasteiger partial charge in [0.05, 0.1) is 5.75 Å². The van der Waals surface area contributed by atoms with Crippen LogP contribution in [-0.2, 0) is 5.75 Å². The Morgan fingerprint density at radius 3 is 2.22 bits per heavy atom. The van der Waals surface area contributed by atoms with Crippen molar-refractivity contribution in [3.8, 4) is 22.6 Å². The molecule has 4 aromatic rings. The van der Waals surface area contributed by atoms with Gasteiger partial charge in [-0.05, 0) is 36.4 Å². The Bertz CT molecular complexity index is 1060. The van der Waals surface area contributed by atoms with Gasteiger partial charge in [-0.1, -0.05) is 52.3 Å². The minimum Gasteiger partial charge on any atom is -0.360 e. The molecule has 0 aliphatic carbocycles. The summed E-state index contributed by atoms with van der Waals surface area (Å²) in [6.07, 6.45) is 0. The van der Waals surface area contributed by atoms with E-state index in [-0.39, 0.29) is 0 Å². The normalized spacial score (nSPS) is 11.0. The van der Waals surface area contributed by atoms with Crippen molar-refractivity contribution in [2.75, 3.05) is 5.84 Å². The van der Waals surface area contributed by atoms with E-state index in [0.717, 1.165) is 16.8 Å². The summed E-state index contributed by atoms with van der Waals surface area (Å²) in [7, 11) is 0. The molecule has 2 N–H and O–H groups in total. The van der Waals surface area contributed by atoms with Crippen molar-refractivity contribution in [2.45, 2.75) is 10.9 Å². The first-order valence-electron chi connectivity index (χ1n) is 7.91. The highest BCUT2D eigenvalue weighted by Gasteiger charge is 2.14. The fraction of sp³-hybridized carbons (Fsp3) is 0.0556. The molecule has 2 heterocycles. The Hall–Kier alpha value is -2.48. The first-order chi connectivity index (χ1) is 13.1. The lowest BCUT2D eigenvalue weighted by atomic mass is 10.1. The van der Waals surface area contributed by atoms with Crippen LogP contribution in [0.2, 0.25) is 10.0 Å². The molecule has 27 heavy (non-hydrogen) atoms. The predicted molar refractivity (Wildman–Crippen MR) is 107 cm³/mol. The topological polar surface area (TPSA) is 82.8 Å². The maximum Gasteiger partial charge on any atom is 0.210 e. The van der Waals surface area contributed by atoms with E-state index in [9.17, 15) is 0 Å². The molecule has 6 nitrogen and oxygen atoms in total. The molecule has 4 rings (SSSR count). The minimum atomic E-state index is 0.524. The van der Waals surface area contributed by atoms with E-state index in [1.54, 1.807) is 12.1 Å². The van der Waals surface area contributed by atoms with E-state index in [4.69, 9.17) is 33.6 Å². The van der Waals surface area contributed by atoms with E-state index in [0.29, 0.717) is 32.5 Å². The van der Waals surface area contributed by atoms with Crippen LogP contribution >= 0.6 is 35.0 Å². The van der Waals surface area contributed by atoms with Crippen molar-refractivity contribution in [3.63, 3.8) is 0 Å². The average Bonchev–Trinajstić information content (AvgIpc) is 3.28. The second-order valence-electron chi connectivity index (χ2n) is 5.66. The highest BCUT2D eigenvalue weighted by atomic mass is 35.5. The van der Waals surface area contributed by atoms with E-state index < -0.39 is 0 Å².